The van der Waals surface area contributed by atoms with Crippen molar-refractivity contribution >= 4 is 0 Å². The fraction of sp³-hybridized carbons (Fsp3) is 0.684. The lowest BCUT2D eigenvalue weighted by molar-refractivity contribution is 0.600. The van der Waals surface area contributed by atoms with E-state index in [0.29, 0.717) is 0 Å². The van der Waals surface area contributed by atoms with Crippen LogP contribution in [-0.4, -0.2) is 0 Å². The van der Waals surface area contributed by atoms with Crippen molar-refractivity contribution in [1.29, 1.82) is 0 Å². The highest BCUT2D eigenvalue weighted by Crippen LogP contribution is 2.22. The molecule has 0 amide bonds. The Morgan fingerprint density at radius 1 is 0.395 bits per heavy atom. The first kappa shape index (κ1) is 36.4. The molecular weight excluding hydrogens is 456 g/mol. The Balaban J connectivity index is 4.20. The van der Waals surface area contributed by atoms with Crippen molar-refractivity contribution in [3.63, 3.8) is 0 Å². The van der Waals surface area contributed by atoms with Crippen LogP contribution in [0, 0.1) is 0 Å². The SMILES string of the molecule is CCCCCCCCC(CC/C(C)=C/CC/C(C)=C/CC/C=C(\C)CC/C=C(\C)CCC=C(C)C)=C(C)C. The van der Waals surface area contributed by atoms with Crippen molar-refractivity contribution in [3.05, 3.63) is 69.4 Å². The highest BCUT2D eigenvalue weighted by molar-refractivity contribution is 5.13. The molecule has 0 saturated heterocycles. The number of hydrogen-bond acceptors (Lipinski definition) is 0. The van der Waals surface area contributed by atoms with Gasteiger partial charge in [-0.2, -0.15) is 0 Å². The topological polar surface area (TPSA) is 0 Å². The van der Waals surface area contributed by atoms with E-state index >= 15 is 0 Å². The molecule has 0 N–H and O–H groups in total. The average molecular weight is 523 g/mol. The van der Waals surface area contributed by atoms with Crippen molar-refractivity contribution in [2.45, 2.75) is 171 Å². The highest BCUT2D eigenvalue weighted by Gasteiger charge is 2.02. The average Bonchev–Trinajstić information content (AvgIpc) is 2.85. The molecule has 0 atom stereocenters. The van der Waals surface area contributed by atoms with Gasteiger partial charge in [-0.3, -0.25) is 0 Å². The smallest absolute Gasteiger partial charge is 0.0281 e. The van der Waals surface area contributed by atoms with Gasteiger partial charge in [0.05, 0.1) is 0 Å². The summed E-state index contributed by atoms with van der Waals surface area (Å²) in [6, 6.07) is 0. The molecule has 0 saturated carbocycles. The van der Waals surface area contributed by atoms with E-state index in [1.54, 1.807) is 22.3 Å². The summed E-state index contributed by atoms with van der Waals surface area (Å²) in [6.45, 7) is 20.5. The van der Waals surface area contributed by atoms with E-state index in [4.69, 9.17) is 0 Å². The van der Waals surface area contributed by atoms with Gasteiger partial charge in [-0.25, -0.2) is 0 Å². The van der Waals surface area contributed by atoms with Crippen LogP contribution >= 0.6 is 0 Å². The van der Waals surface area contributed by atoms with Crippen molar-refractivity contribution in [2.24, 2.45) is 0 Å². The molecule has 0 fully saturated rings. The molecule has 0 aromatic carbocycles. The third-order valence-electron chi connectivity index (χ3n) is 7.67. The Bertz CT molecular complexity index is 782. The Kier molecular flexibility index (Phi) is 23.5. The van der Waals surface area contributed by atoms with Crippen LogP contribution in [0.4, 0.5) is 0 Å². The predicted octanol–water partition coefficient (Wildman–Crippen LogP) is 13.7. The Labute approximate surface area is 240 Å². The van der Waals surface area contributed by atoms with Crippen molar-refractivity contribution in [1.82, 2.24) is 0 Å². The molecule has 0 aromatic heterocycles. The second-order valence-corrected chi connectivity index (χ2v) is 12.3. The number of hydrogen-bond donors (Lipinski definition) is 0. The maximum atomic E-state index is 2.49. The first-order chi connectivity index (χ1) is 18.1. The summed E-state index contributed by atoms with van der Waals surface area (Å²) >= 11 is 0. The Hall–Kier alpha value is -1.56. The van der Waals surface area contributed by atoms with E-state index in [9.17, 15) is 0 Å². The summed E-state index contributed by atoms with van der Waals surface area (Å²) in [5.41, 5.74) is 10.9. The zero-order valence-electron chi connectivity index (χ0n) is 27.4. The molecule has 38 heavy (non-hydrogen) atoms. The molecule has 0 heterocycles. The van der Waals surface area contributed by atoms with Crippen LogP contribution in [0.3, 0.4) is 0 Å². The molecule has 218 valence electrons. The molecule has 0 heteroatoms. The summed E-state index contributed by atoms with van der Waals surface area (Å²) in [7, 11) is 0. The summed E-state index contributed by atoms with van der Waals surface area (Å²) in [5, 5.41) is 0. The number of rotatable bonds is 22. The van der Waals surface area contributed by atoms with E-state index < -0.39 is 0 Å². The monoisotopic (exact) mass is 523 g/mol. The normalized spacial score (nSPS) is 13.2. The summed E-state index contributed by atoms with van der Waals surface area (Å²) in [4.78, 5) is 0. The lowest BCUT2D eigenvalue weighted by atomic mass is 9.95. The van der Waals surface area contributed by atoms with Crippen LogP contribution in [0.15, 0.2) is 69.4 Å². The number of unbranched alkanes of at least 4 members (excludes halogenated alkanes) is 6. The highest BCUT2D eigenvalue weighted by atomic mass is 14.1. The van der Waals surface area contributed by atoms with Gasteiger partial charge in [0, 0.05) is 0 Å². The molecule has 0 aromatic rings. The van der Waals surface area contributed by atoms with Gasteiger partial charge in [0.25, 0.3) is 0 Å². The van der Waals surface area contributed by atoms with Gasteiger partial charge < -0.3 is 0 Å². The fourth-order valence-electron chi connectivity index (χ4n) is 4.84. The van der Waals surface area contributed by atoms with E-state index in [2.05, 4.69) is 92.7 Å². The lowest BCUT2D eigenvalue weighted by Gasteiger charge is -2.11. The van der Waals surface area contributed by atoms with Crippen LogP contribution in [0.25, 0.3) is 0 Å². The van der Waals surface area contributed by atoms with Gasteiger partial charge in [-0.15, -0.1) is 0 Å². The molecule has 0 aliphatic heterocycles. The zero-order chi connectivity index (χ0) is 28.6. The van der Waals surface area contributed by atoms with Gasteiger partial charge in [0.2, 0.25) is 0 Å². The minimum Gasteiger partial charge on any atom is -0.0856 e. The van der Waals surface area contributed by atoms with Crippen LogP contribution in [0.5, 0.6) is 0 Å². The van der Waals surface area contributed by atoms with E-state index in [1.165, 1.54) is 126 Å². The predicted molar refractivity (Wildman–Crippen MR) is 177 cm³/mol. The maximum Gasteiger partial charge on any atom is -0.0281 e. The molecule has 0 aliphatic rings. The molecule has 0 radical (unpaired) electrons. The van der Waals surface area contributed by atoms with E-state index in [1.807, 2.05) is 0 Å². The third kappa shape index (κ3) is 23.5. The molecule has 0 aliphatic carbocycles. The largest absolute Gasteiger partial charge is 0.0856 e. The zero-order valence-corrected chi connectivity index (χ0v) is 27.4. The molecule has 0 bridgehead atoms. The van der Waals surface area contributed by atoms with Gasteiger partial charge in [0.1, 0.15) is 0 Å². The summed E-state index contributed by atoms with van der Waals surface area (Å²) in [6.07, 6.45) is 33.8. The van der Waals surface area contributed by atoms with Crippen LogP contribution in [0.1, 0.15) is 171 Å². The first-order valence-corrected chi connectivity index (χ1v) is 16.1. The third-order valence-corrected chi connectivity index (χ3v) is 7.67. The van der Waals surface area contributed by atoms with Gasteiger partial charge >= 0.3 is 0 Å². The van der Waals surface area contributed by atoms with Gasteiger partial charge in [-0.1, -0.05) is 108 Å². The van der Waals surface area contributed by atoms with Gasteiger partial charge in [0.15, 0.2) is 0 Å². The summed E-state index contributed by atoms with van der Waals surface area (Å²) in [5.74, 6) is 0. The molecule has 0 rings (SSSR count). The van der Waals surface area contributed by atoms with Crippen molar-refractivity contribution in [3.8, 4) is 0 Å². The van der Waals surface area contributed by atoms with Crippen LogP contribution in [-0.2, 0) is 0 Å². The molecular formula is C38H66. The second-order valence-electron chi connectivity index (χ2n) is 12.3. The Morgan fingerprint density at radius 2 is 0.816 bits per heavy atom. The fourth-order valence-corrected chi connectivity index (χ4v) is 4.84. The standard InChI is InChI=1S/C38H66/c1-10-11-12-13-14-15-29-38(33(4)5)31-30-37(9)28-20-26-35(7)23-17-16-22-34(6)25-19-27-36(8)24-18-21-32(2)3/h21-23,27-28H,10-20,24-26,29-31H2,1-9H3/b34-22+,35-23+,36-27+,37-28+. The van der Waals surface area contributed by atoms with Gasteiger partial charge in [-0.05, 0) is 132 Å². The molecule has 0 unspecified atom stereocenters. The minimum absolute atomic E-state index is 1.17. The molecule has 0 spiro atoms. The first-order valence-electron chi connectivity index (χ1n) is 16.1. The lowest BCUT2D eigenvalue weighted by Crippen LogP contribution is -1.91. The second kappa shape index (κ2) is 24.5. The van der Waals surface area contributed by atoms with Crippen LogP contribution in [0.2, 0.25) is 0 Å². The maximum absolute atomic E-state index is 2.49. The van der Waals surface area contributed by atoms with Crippen molar-refractivity contribution in [2.75, 3.05) is 0 Å². The molecule has 0 nitrogen and oxygen atoms in total. The van der Waals surface area contributed by atoms with Crippen LogP contribution < -0.4 is 0 Å². The Morgan fingerprint density at radius 3 is 1.29 bits per heavy atom. The minimum atomic E-state index is 1.17. The summed E-state index contributed by atoms with van der Waals surface area (Å²) < 4.78 is 0. The van der Waals surface area contributed by atoms with E-state index in [-0.39, 0.29) is 0 Å². The quantitative estimate of drug-likeness (QED) is 0.0979. The van der Waals surface area contributed by atoms with Crippen molar-refractivity contribution < 1.29 is 0 Å². The van der Waals surface area contributed by atoms with E-state index in [0.717, 1.165) is 0 Å². The number of allylic oxidation sites excluding steroid dienone is 12.